The molecule has 0 bridgehead atoms. The predicted octanol–water partition coefficient (Wildman–Crippen LogP) is 5.68. The number of hydrogen-bond donors (Lipinski definition) is 1. The van der Waals surface area contributed by atoms with Gasteiger partial charge in [-0.15, -0.1) is 0 Å². The van der Waals surface area contributed by atoms with Crippen LogP contribution in [0.4, 0.5) is 0 Å². The standard InChI is InChI=1S/C25H23BrCl2N2O2/c1-29-25(32)23(14-17-7-3-2-4-8-17)30(16-18-9-5-10-19(26)13-18)24(31)15-20-21(27)11-6-12-22(20)28/h2-13,23H,14-16H2,1H3,(H,29,32)/t23-/m0/s1. The zero-order valence-electron chi connectivity index (χ0n) is 17.5. The molecule has 0 aromatic heterocycles. The second-order valence-electron chi connectivity index (χ2n) is 7.35. The van der Waals surface area contributed by atoms with E-state index in [2.05, 4.69) is 21.2 Å². The highest BCUT2D eigenvalue weighted by molar-refractivity contribution is 9.10. The first-order chi connectivity index (χ1) is 15.4. The molecule has 7 heteroatoms. The van der Waals surface area contributed by atoms with Crippen molar-refractivity contribution in [3.8, 4) is 0 Å². The number of nitrogens with one attached hydrogen (secondary N) is 1. The van der Waals surface area contributed by atoms with Crippen molar-refractivity contribution < 1.29 is 9.59 Å². The van der Waals surface area contributed by atoms with Crippen molar-refractivity contribution in [2.45, 2.75) is 25.4 Å². The summed E-state index contributed by atoms with van der Waals surface area (Å²) in [5.41, 5.74) is 2.42. The third-order valence-corrected chi connectivity index (χ3v) is 6.35. The molecule has 0 aliphatic carbocycles. The Morgan fingerprint density at radius 2 is 1.56 bits per heavy atom. The summed E-state index contributed by atoms with van der Waals surface area (Å²) in [6.45, 7) is 0.269. The molecule has 0 saturated carbocycles. The highest BCUT2D eigenvalue weighted by Gasteiger charge is 2.30. The Balaban J connectivity index is 1.98. The third kappa shape index (κ3) is 6.35. The number of rotatable bonds is 8. The number of likely N-dealkylation sites (N-methyl/N-ethyl adjacent to an activating group) is 1. The van der Waals surface area contributed by atoms with Crippen molar-refractivity contribution in [2.75, 3.05) is 7.05 Å². The van der Waals surface area contributed by atoms with E-state index in [1.54, 1.807) is 30.1 Å². The van der Waals surface area contributed by atoms with Gasteiger partial charge in [0.2, 0.25) is 11.8 Å². The van der Waals surface area contributed by atoms with Gasteiger partial charge in [-0.1, -0.05) is 87.7 Å². The number of carbonyl (C=O) groups is 2. The molecular formula is C25H23BrCl2N2O2. The molecule has 32 heavy (non-hydrogen) atoms. The van der Waals surface area contributed by atoms with Gasteiger partial charge in [0, 0.05) is 34.5 Å². The van der Waals surface area contributed by atoms with Gasteiger partial charge in [0.15, 0.2) is 0 Å². The van der Waals surface area contributed by atoms with Gasteiger partial charge >= 0.3 is 0 Å². The maximum absolute atomic E-state index is 13.6. The summed E-state index contributed by atoms with van der Waals surface area (Å²) >= 11 is 16.1. The highest BCUT2D eigenvalue weighted by Crippen LogP contribution is 2.26. The van der Waals surface area contributed by atoms with Gasteiger partial charge in [-0.25, -0.2) is 0 Å². The number of amides is 2. The van der Waals surface area contributed by atoms with Crippen LogP contribution in [0.25, 0.3) is 0 Å². The molecule has 0 spiro atoms. The molecule has 3 rings (SSSR count). The van der Waals surface area contributed by atoms with Gasteiger partial charge in [0.05, 0.1) is 6.42 Å². The van der Waals surface area contributed by atoms with Gasteiger partial charge < -0.3 is 10.2 Å². The first kappa shape index (κ1) is 24.3. The first-order valence-electron chi connectivity index (χ1n) is 10.1. The first-order valence-corrected chi connectivity index (χ1v) is 11.7. The van der Waals surface area contributed by atoms with Gasteiger partial charge in [0.1, 0.15) is 6.04 Å². The van der Waals surface area contributed by atoms with E-state index in [0.717, 1.165) is 15.6 Å². The Bertz CT molecular complexity index is 1070. The largest absolute Gasteiger partial charge is 0.357 e. The van der Waals surface area contributed by atoms with E-state index in [9.17, 15) is 9.59 Å². The molecule has 0 saturated heterocycles. The maximum atomic E-state index is 13.6. The maximum Gasteiger partial charge on any atom is 0.242 e. The minimum atomic E-state index is -0.699. The zero-order valence-corrected chi connectivity index (χ0v) is 20.6. The number of hydrogen-bond acceptors (Lipinski definition) is 2. The van der Waals surface area contributed by atoms with Crippen molar-refractivity contribution in [1.29, 1.82) is 0 Å². The Kier molecular flexibility index (Phi) is 8.74. The Morgan fingerprint density at radius 3 is 2.19 bits per heavy atom. The smallest absolute Gasteiger partial charge is 0.242 e. The lowest BCUT2D eigenvalue weighted by molar-refractivity contribution is -0.140. The van der Waals surface area contributed by atoms with Crippen LogP contribution in [0.15, 0.2) is 77.3 Å². The number of carbonyl (C=O) groups excluding carboxylic acids is 2. The van der Waals surface area contributed by atoms with Gasteiger partial charge in [0.25, 0.3) is 0 Å². The summed E-state index contributed by atoms with van der Waals surface area (Å²) in [5.74, 6) is -0.466. The minimum absolute atomic E-state index is 0.00516. The third-order valence-electron chi connectivity index (χ3n) is 5.15. The highest BCUT2D eigenvalue weighted by atomic mass is 79.9. The monoisotopic (exact) mass is 532 g/mol. The lowest BCUT2D eigenvalue weighted by atomic mass is 10.0. The van der Waals surface area contributed by atoms with E-state index < -0.39 is 6.04 Å². The zero-order chi connectivity index (χ0) is 23.1. The van der Waals surface area contributed by atoms with E-state index >= 15 is 0 Å². The fraction of sp³-hybridized carbons (Fsp3) is 0.200. The number of benzene rings is 3. The van der Waals surface area contributed by atoms with Crippen LogP contribution in [-0.4, -0.2) is 29.8 Å². The molecule has 3 aromatic carbocycles. The fourth-order valence-corrected chi connectivity index (χ4v) is 4.48. The van der Waals surface area contributed by atoms with Gasteiger partial charge in [-0.2, -0.15) is 0 Å². The summed E-state index contributed by atoms with van der Waals surface area (Å²) in [6.07, 6.45) is 0.380. The van der Waals surface area contributed by atoms with Crippen LogP contribution in [-0.2, 0) is 29.0 Å². The molecule has 4 nitrogen and oxygen atoms in total. The lowest BCUT2D eigenvalue weighted by Crippen LogP contribution is -2.50. The van der Waals surface area contributed by atoms with E-state index in [1.165, 1.54) is 0 Å². The summed E-state index contributed by atoms with van der Waals surface area (Å²) < 4.78 is 0.899. The van der Waals surface area contributed by atoms with E-state index in [0.29, 0.717) is 22.0 Å². The van der Waals surface area contributed by atoms with Gasteiger partial charge in [-0.05, 0) is 41.0 Å². The fourth-order valence-electron chi connectivity index (χ4n) is 3.51. The molecular weight excluding hydrogens is 511 g/mol. The summed E-state index contributed by atoms with van der Waals surface area (Å²) in [4.78, 5) is 28.1. The Morgan fingerprint density at radius 1 is 0.938 bits per heavy atom. The summed E-state index contributed by atoms with van der Waals surface area (Å²) in [7, 11) is 1.58. The molecule has 1 N–H and O–H groups in total. The van der Waals surface area contributed by atoms with Crippen LogP contribution in [0.1, 0.15) is 16.7 Å². The normalized spacial score (nSPS) is 11.6. The average Bonchev–Trinajstić information content (AvgIpc) is 2.79. The molecule has 0 heterocycles. The number of nitrogens with zero attached hydrogens (tertiary/aromatic N) is 1. The van der Waals surface area contributed by atoms with E-state index in [1.807, 2.05) is 54.6 Å². The lowest BCUT2D eigenvalue weighted by Gasteiger charge is -2.31. The van der Waals surface area contributed by atoms with Crippen molar-refractivity contribution >= 4 is 50.9 Å². The minimum Gasteiger partial charge on any atom is -0.357 e. The van der Waals surface area contributed by atoms with E-state index in [-0.39, 0.29) is 24.8 Å². The summed E-state index contributed by atoms with van der Waals surface area (Å²) in [5, 5.41) is 3.56. The van der Waals surface area contributed by atoms with Crippen LogP contribution < -0.4 is 5.32 Å². The van der Waals surface area contributed by atoms with Crippen molar-refractivity contribution in [3.63, 3.8) is 0 Å². The van der Waals surface area contributed by atoms with E-state index in [4.69, 9.17) is 23.2 Å². The topological polar surface area (TPSA) is 49.4 Å². The molecule has 2 amide bonds. The molecule has 166 valence electrons. The molecule has 0 aliphatic heterocycles. The Labute approximate surface area is 206 Å². The number of halogens is 3. The van der Waals surface area contributed by atoms with Crippen molar-refractivity contribution in [1.82, 2.24) is 10.2 Å². The molecule has 0 fully saturated rings. The van der Waals surface area contributed by atoms with Crippen LogP contribution in [0.3, 0.4) is 0 Å². The van der Waals surface area contributed by atoms with Crippen molar-refractivity contribution in [3.05, 3.63) is 104 Å². The second kappa shape index (κ2) is 11.5. The van der Waals surface area contributed by atoms with Crippen LogP contribution in [0, 0.1) is 0 Å². The van der Waals surface area contributed by atoms with Gasteiger partial charge in [-0.3, -0.25) is 9.59 Å². The Hall–Kier alpha value is -2.34. The van der Waals surface area contributed by atoms with Crippen LogP contribution in [0.5, 0.6) is 0 Å². The average molecular weight is 534 g/mol. The molecule has 3 aromatic rings. The predicted molar refractivity (Wildman–Crippen MR) is 133 cm³/mol. The van der Waals surface area contributed by atoms with Crippen LogP contribution in [0.2, 0.25) is 10.0 Å². The SMILES string of the molecule is CNC(=O)[C@H](Cc1ccccc1)N(Cc1cccc(Br)c1)C(=O)Cc1c(Cl)cccc1Cl. The summed E-state index contributed by atoms with van der Waals surface area (Å²) in [6, 6.07) is 21.8. The quantitative estimate of drug-likeness (QED) is 0.404. The molecule has 0 aliphatic rings. The van der Waals surface area contributed by atoms with Crippen molar-refractivity contribution in [2.24, 2.45) is 0 Å². The molecule has 0 radical (unpaired) electrons. The molecule has 0 unspecified atom stereocenters. The molecule has 1 atom stereocenters. The second-order valence-corrected chi connectivity index (χ2v) is 9.08. The van der Waals surface area contributed by atoms with Crippen LogP contribution >= 0.6 is 39.1 Å².